The molecule has 8 aromatic rings. The summed E-state index contributed by atoms with van der Waals surface area (Å²) >= 11 is 0. The average molecular weight is 490 g/mol. The van der Waals surface area contributed by atoms with Crippen LogP contribution in [0.1, 0.15) is 5.56 Å². The minimum Gasteiger partial charge on any atom is -0.456 e. The highest BCUT2D eigenvalue weighted by Crippen LogP contribution is 2.44. The van der Waals surface area contributed by atoms with Crippen LogP contribution in [0.2, 0.25) is 0 Å². The number of hydrogen-bond acceptors (Lipinski definition) is 3. The molecular weight excluding hydrogens is 466 g/mol. The topological polar surface area (TPSA) is 29.5 Å². The van der Waals surface area contributed by atoms with Crippen LogP contribution in [-0.2, 0) is 0 Å². The molecule has 0 fully saturated rings. The number of anilines is 3. The van der Waals surface area contributed by atoms with E-state index >= 15 is 0 Å². The van der Waals surface area contributed by atoms with E-state index in [1.807, 2.05) is 12.1 Å². The molecule has 3 heteroatoms. The number of aryl methyl sites for hydroxylation is 1. The van der Waals surface area contributed by atoms with E-state index in [0.29, 0.717) is 0 Å². The fourth-order valence-corrected chi connectivity index (χ4v) is 5.80. The Hall–Kier alpha value is -5.02. The molecule has 8 rings (SSSR count). The number of furan rings is 2. The van der Waals surface area contributed by atoms with Gasteiger partial charge in [-0.05, 0) is 59.7 Å². The van der Waals surface area contributed by atoms with Gasteiger partial charge in [0.05, 0.1) is 11.4 Å². The minimum absolute atomic E-state index is 0.865. The van der Waals surface area contributed by atoms with Crippen LogP contribution < -0.4 is 4.90 Å². The lowest BCUT2D eigenvalue weighted by atomic mass is 10.0. The molecule has 0 atom stereocenters. The highest BCUT2D eigenvalue weighted by atomic mass is 16.3. The molecular formula is C35H23NO2. The Morgan fingerprint density at radius 1 is 0.500 bits per heavy atom. The molecule has 0 radical (unpaired) electrons. The predicted molar refractivity (Wildman–Crippen MR) is 158 cm³/mol. The van der Waals surface area contributed by atoms with Gasteiger partial charge < -0.3 is 13.7 Å². The Kier molecular flexibility index (Phi) is 4.44. The quantitative estimate of drug-likeness (QED) is 0.247. The summed E-state index contributed by atoms with van der Waals surface area (Å²) in [7, 11) is 0. The van der Waals surface area contributed by atoms with E-state index in [9.17, 15) is 0 Å². The number of rotatable bonds is 3. The second-order valence-electron chi connectivity index (χ2n) is 9.82. The largest absolute Gasteiger partial charge is 0.456 e. The van der Waals surface area contributed by atoms with Crippen LogP contribution in [0.3, 0.4) is 0 Å². The molecule has 180 valence electrons. The molecule has 0 spiro atoms. The van der Waals surface area contributed by atoms with Crippen molar-refractivity contribution in [2.24, 2.45) is 0 Å². The van der Waals surface area contributed by atoms with Gasteiger partial charge in [0.25, 0.3) is 0 Å². The van der Waals surface area contributed by atoms with Gasteiger partial charge in [-0.25, -0.2) is 0 Å². The number of fused-ring (bicyclic) bond motifs is 8. The van der Waals surface area contributed by atoms with Gasteiger partial charge in [0.2, 0.25) is 0 Å². The number of hydrogen-bond donors (Lipinski definition) is 0. The third-order valence-electron chi connectivity index (χ3n) is 7.58. The normalized spacial score (nSPS) is 11.8. The van der Waals surface area contributed by atoms with E-state index in [2.05, 4.69) is 121 Å². The SMILES string of the molecule is Cc1ccccc1N(c1ccc2c(c1)oc1ccc3ccccc3c12)c1cccc2c1oc1ccccc12. The standard InChI is InChI=1S/C35H23NO2/c1-22-9-2-6-14-29(22)36(30-15-8-13-27-26-12-5-7-16-31(26)38-35(27)30)24-18-19-28-33(21-24)37-32-20-17-23-10-3-4-11-25(23)34(28)32/h2-21H,1H3. The molecule has 0 amide bonds. The summed E-state index contributed by atoms with van der Waals surface area (Å²) in [5.41, 5.74) is 7.81. The minimum atomic E-state index is 0.865. The van der Waals surface area contributed by atoms with Crippen molar-refractivity contribution in [3.8, 4) is 0 Å². The zero-order chi connectivity index (χ0) is 25.2. The lowest BCUT2D eigenvalue weighted by Gasteiger charge is -2.27. The number of benzene rings is 6. The van der Waals surface area contributed by atoms with Crippen molar-refractivity contribution >= 4 is 71.7 Å². The third-order valence-corrected chi connectivity index (χ3v) is 7.58. The Balaban J connectivity index is 1.42. The van der Waals surface area contributed by atoms with Gasteiger partial charge in [0, 0.05) is 33.3 Å². The van der Waals surface area contributed by atoms with Crippen molar-refractivity contribution in [3.63, 3.8) is 0 Å². The van der Waals surface area contributed by atoms with Gasteiger partial charge in [0.1, 0.15) is 16.7 Å². The first kappa shape index (κ1) is 21.1. The summed E-state index contributed by atoms with van der Waals surface area (Å²) in [6.45, 7) is 2.15. The fourth-order valence-electron chi connectivity index (χ4n) is 5.80. The zero-order valence-corrected chi connectivity index (χ0v) is 20.8. The van der Waals surface area contributed by atoms with Gasteiger partial charge in [-0.2, -0.15) is 0 Å². The van der Waals surface area contributed by atoms with Crippen LogP contribution in [0.5, 0.6) is 0 Å². The van der Waals surface area contributed by atoms with Crippen molar-refractivity contribution in [1.29, 1.82) is 0 Å². The van der Waals surface area contributed by atoms with Crippen molar-refractivity contribution in [1.82, 2.24) is 0 Å². The Bertz CT molecular complexity index is 2160. The second-order valence-corrected chi connectivity index (χ2v) is 9.82. The van der Waals surface area contributed by atoms with E-state index in [0.717, 1.165) is 60.9 Å². The smallest absolute Gasteiger partial charge is 0.159 e. The van der Waals surface area contributed by atoms with Gasteiger partial charge >= 0.3 is 0 Å². The molecule has 2 heterocycles. The highest BCUT2D eigenvalue weighted by Gasteiger charge is 2.21. The van der Waals surface area contributed by atoms with Crippen molar-refractivity contribution < 1.29 is 8.83 Å². The van der Waals surface area contributed by atoms with E-state index in [-0.39, 0.29) is 0 Å². The van der Waals surface area contributed by atoms with Crippen LogP contribution in [0.25, 0.3) is 54.6 Å². The average Bonchev–Trinajstić information content (AvgIpc) is 3.53. The lowest BCUT2D eigenvalue weighted by molar-refractivity contribution is 0.667. The van der Waals surface area contributed by atoms with Crippen molar-refractivity contribution in [2.45, 2.75) is 6.92 Å². The molecule has 0 saturated carbocycles. The van der Waals surface area contributed by atoms with Gasteiger partial charge in [0.15, 0.2) is 5.58 Å². The van der Waals surface area contributed by atoms with E-state index in [1.54, 1.807) is 0 Å². The molecule has 2 aromatic heterocycles. The molecule has 0 bridgehead atoms. The van der Waals surface area contributed by atoms with Gasteiger partial charge in [-0.1, -0.05) is 78.9 Å². The highest BCUT2D eigenvalue weighted by molar-refractivity contribution is 6.19. The number of para-hydroxylation sites is 3. The molecule has 0 unspecified atom stereocenters. The molecule has 0 aliphatic carbocycles. The first-order valence-electron chi connectivity index (χ1n) is 12.9. The van der Waals surface area contributed by atoms with E-state index in [4.69, 9.17) is 8.83 Å². The first-order valence-corrected chi connectivity index (χ1v) is 12.9. The van der Waals surface area contributed by atoms with Crippen LogP contribution in [-0.4, -0.2) is 0 Å². The maximum atomic E-state index is 6.47. The summed E-state index contributed by atoms with van der Waals surface area (Å²) < 4.78 is 12.9. The summed E-state index contributed by atoms with van der Waals surface area (Å²) in [6.07, 6.45) is 0. The van der Waals surface area contributed by atoms with Crippen molar-refractivity contribution in [3.05, 3.63) is 127 Å². The molecule has 6 aromatic carbocycles. The first-order chi connectivity index (χ1) is 18.8. The van der Waals surface area contributed by atoms with Gasteiger partial charge in [-0.15, -0.1) is 0 Å². The number of nitrogens with zero attached hydrogens (tertiary/aromatic N) is 1. The maximum Gasteiger partial charge on any atom is 0.159 e. The van der Waals surface area contributed by atoms with Crippen LogP contribution in [0.15, 0.2) is 130 Å². The zero-order valence-electron chi connectivity index (χ0n) is 20.8. The summed E-state index contributed by atoms with van der Waals surface area (Å²) in [4.78, 5) is 2.28. The molecule has 0 aliphatic heterocycles. The maximum absolute atomic E-state index is 6.47. The molecule has 38 heavy (non-hydrogen) atoms. The monoisotopic (exact) mass is 489 g/mol. The Morgan fingerprint density at radius 2 is 1.26 bits per heavy atom. The van der Waals surface area contributed by atoms with Crippen LogP contribution >= 0.6 is 0 Å². The second kappa shape index (κ2) is 7.99. The van der Waals surface area contributed by atoms with Crippen LogP contribution in [0, 0.1) is 6.92 Å². The van der Waals surface area contributed by atoms with Crippen LogP contribution in [0.4, 0.5) is 17.1 Å². The molecule has 0 aliphatic rings. The Morgan fingerprint density at radius 3 is 2.18 bits per heavy atom. The predicted octanol–water partition coefficient (Wildman–Crippen LogP) is 10.4. The molecule has 0 saturated heterocycles. The summed E-state index contributed by atoms with van der Waals surface area (Å²) in [6, 6.07) is 42.3. The summed E-state index contributed by atoms with van der Waals surface area (Å²) in [5, 5.41) is 6.92. The Labute approximate surface area is 219 Å². The summed E-state index contributed by atoms with van der Waals surface area (Å²) in [5.74, 6) is 0. The van der Waals surface area contributed by atoms with Gasteiger partial charge in [-0.3, -0.25) is 0 Å². The fraction of sp³-hybridized carbons (Fsp3) is 0.0286. The third kappa shape index (κ3) is 3.02. The molecule has 3 nitrogen and oxygen atoms in total. The van der Waals surface area contributed by atoms with E-state index < -0.39 is 0 Å². The van der Waals surface area contributed by atoms with E-state index in [1.165, 1.54) is 16.3 Å². The lowest BCUT2D eigenvalue weighted by Crippen LogP contribution is -2.11. The van der Waals surface area contributed by atoms with Crippen molar-refractivity contribution in [2.75, 3.05) is 4.90 Å². The molecule has 0 N–H and O–H groups in total.